The molecule has 1 aliphatic carbocycles. The second kappa shape index (κ2) is 12.0. The quantitative estimate of drug-likeness (QED) is 0.614. The number of benzene rings is 1. The van der Waals surface area contributed by atoms with Crippen LogP contribution < -0.4 is 15.4 Å². The zero-order valence-electron chi connectivity index (χ0n) is 22.7. The highest BCUT2D eigenvalue weighted by Crippen LogP contribution is 2.30. The van der Waals surface area contributed by atoms with Crippen molar-refractivity contribution in [1.29, 1.82) is 0 Å². The van der Waals surface area contributed by atoms with Crippen LogP contribution in [-0.2, 0) is 14.3 Å². The zero-order chi connectivity index (χ0) is 26.6. The lowest BCUT2D eigenvalue weighted by Gasteiger charge is -2.45. The number of carbonyl (C=O) groups excluding carboxylic acids is 3. The van der Waals surface area contributed by atoms with Gasteiger partial charge in [0.15, 0.2) is 0 Å². The summed E-state index contributed by atoms with van der Waals surface area (Å²) in [5.74, 6) is 0.849. The first-order valence-corrected chi connectivity index (χ1v) is 14.4. The molecule has 0 aromatic heterocycles. The molecule has 4 atom stereocenters. The second-order valence-corrected chi connectivity index (χ2v) is 11.5. The molecule has 3 heterocycles. The van der Waals surface area contributed by atoms with Crippen molar-refractivity contribution in [2.75, 3.05) is 32.8 Å². The first kappa shape index (κ1) is 26.9. The average Bonchev–Trinajstić information content (AvgIpc) is 2.92. The van der Waals surface area contributed by atoms with Gasteiger partial charge in [0.05, 0.1) is 30.4 Å². The van der Waals surface area contributed by atoms with E-state index in [9.17, 15) is 14.4 Å². The minimum Gasteiger partial charge on any atom is -0.493 e. The molecule has 38 heavy (non-hydrogen) atoms. The van der Waals surface area contributed by atoms with Gasteiger partial charge in [-0.2, -0.15) is 0 Å². The van der Waals surface area contributed by atoms with E-state index in [0.29, 0.717) is 43.5 Å². The van der Waals surface area contributed by atoms with Crippen molar-refractivity contribution in [2.24, 2.45) is 5.92 Å². The third kappa shape index (κ3) is 6.15. The zero-order valence-corrected chi connectivity index (χ0v) is 22.7. The van der Waals surface area contributed by atoms with Crippen LogP contribution in [0.1, 0.15) is 69.2 Å². The van der Waals surface area contributed by atoms with Crippen molar-refractivity contribution in [1.82, 2.24) is 20.4 Å². The van der Waals surface area contributed by atoms with Crippen LogP contribution in [0.15, 0.2) is 24.3 Å². The molecule has 3 amide bonds. The van der Waals surface area contributed by atoms with E-state index in [2.05, 4.69) is 22.5 Å². The third-order valence-corrected chi connectivity index (χ3v) is 8.77. The minimum atomic E-state index is -0.606. The third-order valence-electron chi connectivity index (χ3n) is 8.77. The van der Waals surface area contributed by atoms with Gasteiger partial charge in [-0.25, -0.2) is 0 Å². The van der Waals surface area contributed by atoms with Gasteiger partial charge in [-0.15, -0.1) is 0 Å². The van der Waals surface area contributed by atoms with Crippen LogP contribution in [-0.4, -0.2) is 90.6 Å². The molecule has 2 N–H and O–H groups in total. The van der Waals surface area contributed by atoms with Gasteiger partial charge < -0.3 is 25.0 Å². The van der Waals surface area contributed by atoms with Gasteiger partial charge in [0.25, 0.3) is 5.91 Å². The molecule has 2 bridgehead atoms. The number of carbonyl (C=O) groups is 3. The molecule has 3 fully saturated rings. The average molecular weight is 527 g/mol. The number of ether oxygens (including phenoxy) is 2. The van der Waals surface area contributed by atoms with Crippen molar-refractivity contribution >= 4 is 17.7 Å². The molecule has 3 aliphatic heterocycles. The predicted molar refractivity (Wildman–Crippen MR) is 143 cm³/mol. The van der Waals surface area contributed by atoms with E-state index in [0.717, 1.165) is 38.1 Å². The molecule has 2 saturated heterocycles. The van der Waals surface area contributed by atoms with Crippen LogP contribution in [0.5, 0.6) is 5.75 Å². The monoisotopic (exact) mass is 526 g/mol. The number of nitrogens with zero attached hydrogens (tertiary/aromatic N) is 2. The Morgan fingerprint density at radius 3 is 2.61 bits per heavy atom. The van der Waals surface area contributed by atoms with E-state index >= 15 is 0 Å². The molecule has 4 aliphatic rings. The van der Waals surface area contributed by atoms with Gasteiger partial charge >= 0.3 is 0 Å². The van der Waals surface area contributed by atoms with Gasteiger partial charge in [-0.05, 0) is 56.6 Å². The maximum absolute atomic E-state index is 13.9. The Labute approximate surface area is 225 Å². The molecule has 0 spiro atoms. The standard InChI is InChI=1S/C29H42N4O5/c1-19-7-9-21(10-8-19)32-14-15-33-25(18-32)28(35)30-17-27-24(31-20(2)34)12-11-22(38-27)13-16-37-26-6-4-3-5-23(26)29(33)36/h3-6,19,21-22,24-25,27H,7-18H2,1-2H3,(H,30,35)(H,31,34)/t19?,21?,22-,24+,25-,27+/m0/s1. The second-order valence-electron chi connectivity index (χ2n) is 11.5. The molecule has 1 aromatic rings. The number of hydrogen-bond donors (Lipinski definition) is 2. The summed E-state index contributed by atoms with van der Waals surface area (Å²) < 4.78 is 12.5. The topological polar surface area (TPSA) is 100 Å². The van der Waals surface area contributed by atoms with Crippen LogP contribution in [0.2, 0.25) is 0 Å². The summed E-state index contributed by atoms with van der Waals surface area (Å²) in [5, 5.41) is 6.10. The summed E-state index contributed by atoms with van der Waals surface area (Å²) in [6.07, 6.45) is 6.55. The lowest BCUT2D eigenvalue weighted by molar-refractivity contribution is -0.131. The van der Waals surface area contributed by atoms with E-state index in [4.69, 9.17) is 9.47 Å². The molecular formula is C29H42N4O5. The summed E-state index contributed by atoms with van der Waals surface area (Å²) in [6.45, 7) is 6.30. The number of fused-ring (bicyclic) bond motifs is 4. The summed E-state index contributed by atoms with van der Waals surface area (Å²) in [4.78, 5) is 43.6. The Bertz CT molecular complexity index is 1010. The molecule has 0 unspecified atom stereocenters. The molecule has 1 aromatic carbocycles. The molecule has 1 saturated carbocycles. The maximum Gasteiger partial charge on any atom is 0.258 e. The molecule has 0 radical (unpaired) electrons. The SMILES string of the molecule is CC(=O)N[C@@H]1CC[C@H]2CCOc3ccccc3C(=O)N3CCN(C4CCC(C)CC4)C[C@H]3C(=O)NC[C@H]1O2. The highest BCUT2D eigenvalue weighted by molar-refractivity contribution is 6.00. The summed E-state index contributed by atoms with van der Waals surface area (Å²) >= 11 is 0. The molecular weight excluding hydrogens is 484 g/mol. The maximum atomic E-state index is 13.9. The Morgan fingerprint density at radius 2 is 1.82 bits per heavy atom. The summed E-state index contributed by atoms with van der Waals surface area (Å²) in [6, 6.07) is 7.00. The Hall–Kier alpha value is -2.65. The fraction of sp³-hybridized carbons (Fsp3) is 0.690. The van der Waals surface area contributed by atoms with Gasteiger partial charge in [0, 0.05) is 45.6 Å². The van der Waals surface area contributed by atoms with Gasteiger partial charge in [0.1, 0.15) is 11.8 Å². The van der Waals surface area contributed by atoms with Crippen LogP contribution in [0.25, 0.3) is 0 Å². The number of hydrogen-bond acceptors (Lipinski definition) is 6. The van der Waals surface area contributed by atoms with Gasteiger partial charge in [-0.1, -0.05) is 19.1 Å². The predicted octanol–water partition coefficient (Wildman–Crippen LogP) is 2.34. The van der Waals surface area contributed by atoms with Crippen molar-refractivity contribution in [2.45, 2.75) is 89.1 Å². The number of amides is 3. The fourth-order valence-corrected chi connectivity index (χ4v) is 6.54. The van der Waals surface area contributed by atoms with E-state index in [-0.39, 0.29) is 42.5 Å². The Balaban J connectivity index is 1.40. The van der Waals surface area contributed by atoms with Crippen molar-refractivity contribution in [3.05, 3.63) is 29.8 Å². The normalized spacial score (nSPS) is 33.2. The Morgan fingerprint density at radius 1 is 1.03 bits per heavy atom. The van der Waals surface area contributed by atoms with Crippen LogP contribution in [0, 0.1) is 5.92 Å². The highest BCUT2D eigenvalue weighted by Gasteiger charge is 2.40. The largest absolute Gasteiger partial charge is 0.493 e. The number of nitrogens with one attached hydrogen (secondary N) is 2. The van der Waals surface area contributed by atoms with Crippen LogP contribution in [0.3, 0.4) is 0 Å². The lowest BCUT2D eigenvalue weighted by atomic mass is 9.86. The smallest absolute Gasteiger partial charge is 0.258 e. The summed E-state index contributed by atoms with van der Waals surface area (Å²) in [5.41, 5.74) is 0.496. The molecule has 208 valence electrons. The number of para-hydroxylation sites is 1. The van der Waals surface area contributed by atoms with E-state index in [1.807, 2.05) is 18.2 Å². The van der Waals surface area contributed by atoms with Crippen molar-refractivity contribution in [3.8, 4) is 5.75 Å². The highest BCUT2D eigenvalue weighted by atomic mass is 16.5. The Kier molecular flexibility index (Phi) is 8.53. The minimum absolute atomic E-state index is 0.0388. The van der Waals surface area contributed by atoms with Crippen LogP contribution >= 0.6 is 0 Å². The van der Waals surface area contributed by atoms with Gasteiger partial charge in [-0.3, -0.25) is 19.3 Å². The summed E-state index contributed by atoms with van der Waals surface area (Å²) in [7, 11) is 0. The van der Waals surface area contributed by atoms with E-state index in [1.165, 1.54) is 19.8 Å². The fourth-order valence-electron chi connectivity index (χ4n) is 6.54. The lowest BCUT2D eigenvalue weighted by Crippen LogP contribution is -2.63. The molecule has 5 rings (SSSR count). The first-order chi connectivity index (χ1) is 18.4. The molecule has 9 heteroatoms. The molecule has 9 nitrogen and oxygen atoms in total. The van der Waals surface area contributed by atoms with E-state index in [1.54, 1.807) is 11.0 Å². The van der Waals surface area contributed by atoms with Crippen molar-refractivity contribution in [3.63, 3.8) is 0 Å². The van der Waals surface area contributed by atoms with Gasteiger partial charge in [0.2, 0.25) is 11.8 Å². The first-order valence-electron chi connectivity index (χ1n) is 14.4. The number of rotatable bonds is 2. The number of piperazine rings is 1. The van der Waals surface area contributed by atoms with E-state index < -0.39 is 6.04 Å². The van der Waals surface area contributed by atoms with Crippen molar-refractivity contribution < 1.29 is 23.9 Å². The van der Waals surface area contributed by atoms with Crippen LogP contribution in [0.4, 0.5) is 0 Å².